The van der Waals surface area contributed by atoms with Crippen molar-refractivity contribution in [2.75, 3.05) is 20.3 Å². The summed E-state index contributed by atoms with van der Waals surface area (Å²) in [7, 11) is 1.79. The van der Waals surface area contributed by atoms with Gasteiger partial charge >= 0.3 is 0 Å². The highest BCUT2D eigenvalue weighted by atomic mass is 16.5. The smallest absolute Gasteiger partial charge is 0.0462 e. The molecule has 2 N–H and O–H groups in total. The van der Waals surface area contributed by atoms with Crippen LogP contribution in [-0.4, -0.2) is 20.3 Å². The van der Waals surface area contributed by atoms with Crippen LogP contribution < -0.4 is 5.73 Å². The molecule has 0 atom stereocenters. The van der Waals surface area contributed by atoms with Gasteiger partial charge in [-0.3, -0.25) is 0 Å². The van der Waals surface area contributed by atoms with E-state index in [0.29, 0.717) is 5.41 Å². The lowest BCUT2D eigenvalue weighted by molar-refractivity contribution is 0.115. The molecule has 0 radical (unpaired) electrons. The van der Waals surface area contributed by atoms with E-state index in [4.69, 9.17) is 10.5 Å². The van der Waals surface area contributed by atoms with Crippen LogP contribution in [0.25, 0.3) is 0 Å². The van der Waals surface area contributed by atoms with E-state index in [1.165, 1.54) is 57.8 Å². The maximum absolute atomic E-state index is 6.03. The Labute approximate surface area is 107 Å². The standard InChI is InChI=1S/C15H31NO/c1-3-4-6-14-7-10-15(13-16,11-8-14)9-5-12-17-2/h14H,3-13,16H2,1-2H3. The van der Waals surface area contributed by atoms with E-state index < -0.39 is 0 Å². The SMILES string of the molecule is CCCCC1CCC(CN)(CCCOC)CC1. The van der Waals surface area contributed by atoms with Crippen LogP contribution in [0.1, 0.15) is 64.7 Å². The molecule has 0 unspecified atom stereocenters. The summed E-state index contributed by atoms with van der Waals surface area (Å²) in [6.07, 6.45) is 12.1. The molecule has 1 aliphatic rings. The number of methoxy groups -OCH3 is 1. The summed E-state index contributed by atoms with van der Waals surface area (Å²) in [5.74, 6) is 0.983. The normalized spacial score (nSPS) is 29.5. The molecule has 1 rings (SSSR count). The molecule has 102 valence electrons. The second-order valence-corrected chi connectivity index (χ2v) is 5.89. The van der Waals surface area contributed by atoms with Gasteiger partial charge in [0.05, 0.1) is 0 Å². The predicted molar refractivity (Wildman–Crippen MR) is 74.1 cm³/mol. The number of ether oxygens (including phenoxy) is 1. The van der Waals surface area contributed by atoms with Crippen molar-refractivity contribution in [2.45, 2.75) is 64.7 Å². The largest absolute Gasteiger partial charge is 0.385 e. The highest BCUT2D eigenvalue weighted by Crippen LogP contribution is 2.42. The van der Waals surface area contributed by atoms with Crippen molar-refractivity contribution in [3.63, 3.8) is 0 Å². The number of rotatable bonds is 8. The lowest BCUT2D eigenvalue weighted by atomic mass is 9.67. The van der Waals surface area contributed by atoms with Gasteiger partial charge in [-0.05, 0) is 56.4 Å². The van der Waals surface area contributed by atoms with Crippen LogP contribution in [0.15, 0.2) is 0 Å². The molecule has 17 heavy (non-hydrogen) atoms. The lowest BCUT2D eigenvalue weighted by Gasteiger charge is -2.39. The van der Waals surface area contributed by atoms with Crippen molar-refractivity contribution in [2.24, 2.45) is 17.1 Å². The molecule has 0 heterocycles. The van der Waals surface area contributed by atoms with E-state index in [2.05, 4.69) is 6.92 Å². The first kappa shape index (κ1) is 15.0. The van der Waals surface area contributed by atoms with E-state index in [0.717, 1.165) is 19.1 Å². The summed E-state index contributed by atoms with van der Waals surface area (Å²) in [5, 5.41) is 0. The van der Waals surface area contributed by atoms with Crippen molar-refractivity contribution in [1.29, 1.82) is 0 Å². The Morgan fingerprint density at radius 2 is 1.94 bits per heavy atom. The lowest BCUT2D eigenvalue weighted by Crippen LogP contribution is -2.35. The van der Waals surface area contributed by atoms with Crippen LogP contribution in [0.4, 0.5) is 0 Å². The number of unbranched alkanes of at least 4 members (excludes halogenated alkanes) is 1. The van der Waals surface area contributed by atoms with E-state index in [1.807, 2.05) is 0 Å². The summed E-state index contributed by atoms with van der Waals surface area (Å²) in [5.41, 5.74) is 6.47. The van der Waals surface area contributed by atoms with E-state index >= 15 is 0 Å². The summed E-state index contributed by atoms with van der Waals surface area (Å²) < 4.78 is 5.16. The van der Waals surface area contributed by atoms with Gasteiger partial charge in [0.1, 0.15) is 0 Å². The van der Waals surface area contributed by atoms with Crippen LogP contribution in [0.3, 0.4) is 0 Å². The Morgan fingerprint density at radius 1 is 1.24 bits per heavy atom. The molecule has 2 nitrogen and oxygen atoms in total. The van der Waals surface area contributed by atoms with Crippen LogP contribution in [0, 0.1) is 11.3 Å². The third-order valence-corrected chi connectivity index (χ3v) is 4.62. The Kier molecular flexibility index (Phi) is 7.14. The van der Waals surface area contributed by atoms with Gasteiger partial charge in [0, 0.05) is 13.7 Å². The molecule has 0 aromatic rings. The monoisotopic (exact) mass is 241 g/mol. The van der Waals surface area contributed by atoms with E-state index in [9.17, 15) is 0 Å². The molecule has 0 aromatic heterocycles. The quantitative estimate of drug-likeness (QED) is 0.657. The van der Waals surface area contributed by atoms with Gasteiger partial charge in [-0.15, -0.1) is 0 Å². The fourth-order valence-electron chi connectivity index (χ4n) is 3.22. The molecule has 0 aromatic carbocycles. The van der Waals surface area contributed by atoms with E-state index in [1.54, 1.807) is 7.11 Å². The predicted octanol–water partition coefficient (Wildman–Crippen LogP) is 3.74. The minimum atomic E-state index is 0.446. The first-order chi connectivity index (χ1) is 8.26. The number of hydrogen-bond donors (Lipinski definition) is 1. The minimum Gasteiger partial charge on any atom is -0.385 e. The Morgan fingerprint density at radius 3 is 2.47 bits per heavy atom. The maximum Gasteiger partial charge on any atom is 0.0462 e. The fourth-order valence-corrected chi connectivity index (χ4v) is 3.22. The maximum atomic E-state index is 6.03. The molecule has 2 heteroatoms. The summed E-state index contributed by atoms with van der Waals surface area (Å²) in [6.45, 7) is 4.05. The molecular weight excluding hydrogens is 210 g/mol. The molecule has 0 amide bonds. The molecule has 0 spiro atoms. The molecule has 1 saturated carbocycles. The zero-order valence-electron chi connectivity index (χ0n) is 11.8. The summed E-state index contributed by atoms with van der Waals surface area (Å²) in [4.78, 5) is 0. The van der Waals surface area contributed by atoms with Crippen molar-refractivity contribution in [3.05, 3.63) is 0 Å². The Hall–Kier alpha value is -0.0800. The van der Waals surface area contributed by atoms with Crippen molar-refractivity contribution < 1.29 is 4.74 Å². The molecule has 1 fully saturated rings. The van der Waals surface area contributed by atoms with Crippen LogP contribution in [-0.2, 0) is 4.74 Å². The average Bonchev–Trinajstić information content (AvgIpc) is 2.38. The van der Waals surface area contributed by atoms with Gasteiger partial charge in [0.15, 0.2) is 0 Å². The first-order valence-corrected chi connectivity index (χ1v) is 7.45. The van der Waals surface area contributed by atoms with Gasteiger partial charge in [-0.2, -0.15) is 0 Å². The molecule has 0 bridgehead atoms. The number of hydrogen-bond acceptors (Lipinski definition) is 2. The van der Waals surface area contributed by atoms with Crippen molar-refractivity contribution >= 4 is 0 Å². The second-order valence-electron chi connectivity index (χ2n) is 5.89. The topological polar surface area (TPSA) is 35.2 Å². The highest BCUT2D eigenvalue weighted by molar-refractivity contribution is 4.86. The Balaban J connectivity index is 2.29. The molecular formula is C15H31NO. The molecule has 0 saturated heterocycles. The summed E-state index contributed by atoms with van der Waals surface area (Å²) in [6, 6.07) is 0. The third-order valence-electron chi connectivity index (χ3n) is 4.62. The zero-order chi connectivity index (χ0) is 12.6. The van der Waals surface area contributed by atoms with Crippen LogP contribution >= 0.6 is 0 Å². The number of nitrogens with two attached hydrogens (primary N) is 1. The highest BCUT2D eigenvalue weighted by Gasteiger charge is 2.33. The second kappa shape index (κ2) is 8.10. The molecule has 0 aliphatic heterocycles. The summed E-state index contributed by atoms with van der Waals surface area (Å²) >= 11 is 0. The van der Waals surface area contributed by atoms with Gasteiger partial charge < -0.3 is 10.5 Å². The Bertz CT molecular complexity index is 185. The van der Waals surface area contributed by atoms with Gasteiger partial charge in [-0.1, -0.05) is 26.2 Å². The van der Waals surface area contributed by atoms with Gasteiger partial charge in [0.2, 0.25) is 0 Å². The fraction of sp³-hybridized carbons (Fsp3) is 1.00. The van der Waals surface area contributed by atoms with Crippen molar-refractivity contribution in [3.8, 4) is 0 Å². The first-order valence-electron chi connectivity index (χ1n) is 7.45. The van der Waals surface area contributed by atoms with Gasteiger partial charge in [0.25, 0.3) is 0 Å². The average molecular weight is 241 g/mol. The third kappa shape index (κ3) is 4.97. The molecule has 1 aliphatic carbocycles. The van der Waals surface area contributed by atoms with Crippen LogP contribution in [0.2, 0.25) is 0 Å². The van der Waals surface area contributed by atoms with Crippen LogP contribution in [0.5, 0.6) is 0 Å². The minimum absolute atomic E-state index is 0.446. The van der Waals surface area contributed by atoms with Gasteiger partial charge in [-0.25, -0.2) is 0 Å². The zero-order valence-corrected chi connectivity index (χ0v) is 11.8. The van der Waals surface area contributed by atoms with E-state index in [-0.39, 0.29) is 0 Å². The van der Waals surface area contributed by atoms with Crippen molar-refractivity contribution in [1.82, 2.24) is 0 Å².